The summed E-state index contributed by atoms with van der Waals surface area (Å²) in [5, 5.41) is 8.01. The van der Waals surface area contributed by atoms with Gasteiger partial charge in [-0.05, 0) is 45.7 Å². The van der Waals surface area contributed by atoms with Crippen LogP contribution in [-0.4, -0.2) is 29.0 Å². The maximum absolute atomic E-state index is 5.70. The van der Waals surface area contributed by atoms with Crippen molar-refractivity contribution in [3.8, 4) is 0 Å². The Balaban J connectivity index is 1.62. The average Bonchev–Trinajstić information content (AvgIpc) is 2.85. The van der Waals surface area contributed by atoms with E-state index in [1.807, 2.05) is 16.9 Å². The van der Waals surface area contributed by atoms with Gasteiger partial charge >= 0.3 is 0 Å². The first-order valence-electron chi connectivity index (χ1n) is 7.11. The molecule has 1 atom stereocenters. The Labute approximate surface area is 110 Å². The van der Waals surface area contributed by atoms with Crippen LogP contribution in [0.4, 0.5) is 0 Å². The lowest BCUT2D eigenvalue weighted by Gasteiger charge is -2.23. The second-order valence-electron chi connectivity index (χ2n) is 5.37. The van der Waals surface area contributed by atoms with Crippen molar-refractivity contribution in [3.63, 3.8) is 0 Å². The van der Waals surface area contributed by atoms with Crippen molar-refractivity contribution in [2.24, 2.45) is 0 Å². The predicted octanol–water partition coefficient (Wildman–Crippen LogP) is 2.51. The van der Waals surface area contributed by atoms with E-state index in [4.69, 9.17) is 4.74 Å². The van der Waals surface area contributed by atoms with Gasteiger partial charge in [0.15, 0.2) is 0 Å². The molecular weight excluding hydrogens is 226 g/mol. The molecule has 0 saturated carbocycles. The van der Waals surface area contributed by atoms with Crippen LogP contribution in [0.3, 0.4) is 0 Å². The van der Waals surface area contributed by atoms with Gasteiger partial charge < -0.3 is 10.1 Å². The monoisotopic (exact) mass is 251 g/mol. The molecule has 0 aliphatic carbocycles. The minimum Gasteiger partial charge on any atom is -0.375 e. The van der Waals surface area contributed by atoms with Crippen LogP contribution < -0.4 is 5.32 Å². The Morgan fingerprint density at radius 2 is 2.39 bits per heavy atom. The van der Waals surface area contributed by atoms with Gasteiger partial charge in [-0.25, -0.2) is 0 Å². The standard InChI is InChI=1S/C14H25N3O/c1-12(2)17-9-6-14(16-17)11-18-10-7-13-5-3-4-8-15-13/h6,9,12-13,15H,3-5,7-8,10-11H2,1-2H3. The normalized spacial score (nSPS) is 20.5. The maximum Gasteiger partial charge on any atom is 0.0906 e. The first kappa shape index (κ1) is 13.6. The molecule has 0 radical (unpaired) electrons. The summed E-state index contributed by atoms with van der Waals surface area (Å²) in [5.74, 6) is 0. The van der Waals surface area contributed by atoms with Crippen molar-refractivity contribution in [2.75, 3.05) is 13.2 Å². The number of hydrogen-bond acceptors (Lipinski definition) is 3. The van der Waals surface area contributed by atoms with Crippen molar-refractivity contribution in [3.05, 3.63) is 18.0 Å². The molecular formula is C14H25N3O. The minimum absolute atomic E-state index is 0.421. The van der Waals surface area contributed by atoms with Crippen LogP contribution in [0.25, 0.3) is 0 Å². The molecule has 1 saturated heterocycles. The quantitative estimate of drug-likeness (QED) is 0.790. The molecule has 4 heteroatoms. The van der Waals surface area contributed by atoms with Gasteiger partial charge in [0, 0.05) is 24.9 Å². The summed E-state index contributed by atoms with van der Waals surface area (Å²) in [6.07, 6.45) is 7.11. The fourth-order valence-electron chi connectivity index (χ4n) is 2.31. The van der Waals surface area contributed by atoms with Crippen molar-refractivity contribution in [1.82, 2.24) is 15.1 Å². The summed E-state index contributed by atoms with van der Waals surface area (Å²) in [7, 11) is 0. The molecule has 1 unspecified atom stereocenters. The number of piperidine rings is 1. The van der Waals surface area contributed by atoms with E-state index in [1.165, 1.54) is 25.8 Å². The highest BCUT2D eigenvalue weighted by molar-refractivity contribution is 4.97. The van der Waals surface area contributed by atoms with Gasteiger partial charge in [-0.1, -0.05) is 6.42 Å². The SMILES string of the molecule is CC(C)n1ccc(COCCC2CCCCN2)n1. The Morgan fingerprint density at radius 3 is 3.06 bits per heavy atom. The van der Waals surface area contributed by atoms with Gasteiger partial charge in [0.05, 0.1) is 12.3 Å². The highest BCUT2D eigenvalue weighted by Crippen LogP contribution is 2.10. The first-order valence-corrected chi connectivity index (χ1v) is 7.11. The lowest BCUT2D eigenvalue weighted by Crippen LogP contribution is -2.34. The van der Waals surface area contributed by atoms with E-state index in [9.17, 15) is 0 Å². The topological polar surface area (TPSA) is 39.1 Å². The Hall–Kier alpha value is -0.870. The molecule has 1 aromatic heterocycles. The smallest absolute Gasteiger partial charge is 0.0906 e. The molecule has 1 aliphatic heterocycles. The Kier molecular flexibility index (Phi) is 5.20. The highest BCUT2D eigenvalue weighted by atomic mass is 16.5. The summed E-state index contributed by atoms with van der Waals surface area (Å²) in [6.45, 7) is 6.89. The van der Waals surface area contributed by atoms with Crippen molar-refractivity contribution >= 4 is 0 Å². The second-order valence-corrected chi connectivity index (χ2v) is 5.37. The van der Waals surface area contributed by atoms with E-state index in [0.29, 0.717) is 18.7 Å². The molecule has 1 aliphatic rings. The van der Waals surface area contributed by atoms with Gasteiger partial charge in [0.1, 0.15) is 0 Å². The van der Waals surface area contributed by atoms with Gasteiger partial charge in [0.2, 0.25) is 0 Å². The van der Waals surface area contributed by atoms with Gasteiger partial charge in [0.25, 0.3) is 0 Å². The molecule has 1 N–H and O–H groups in total. The number of ether oxygens (including phenoxy) is 1. The van der Waals surface area contributed by atoms with Crippen molar-refractivity contribution in [2.45, 2.75) is 58.2 Å². The number of aromatic nitrogens is 2. The summed E-state index contributed by atoms with van der Waals surface area (Å²) in [4.78, 5) is 0. The second kappa shape index (κ2) is 6.90. The summed E-state index contributed by atoms with van der Waals surface area (Å²) in [5.41, 5.74) is 1.03. The molecule has 1 aromatic rings. The molecule has 2 rings (SSSR count). The zero-order valence-corrected chi connectivity index (χ0v) is 11.6. The van der Waals surface area contributed by atoms with Crippen LogP contribution in [0, 0.1) is 0 Å². The van der Waals surface area contributed by atoms with Crippen LogP contribution in [0.5, 0.6) is 0 Å². The van der Waals surface area contributed by atoms with Gasteiger partial charge in [-0.3, -0.25) is 4.68 Å². The lowest BCUT2D eigenvalue weighted by molar-refractivity contribution is 0.105. The van der Waals surface area contributed by atoms with E-state index < -0.39 is 0 Å². The third-order valence-corrected chi connectivity index (χ3v) is 3.47. The van der Waals surface area contributed by atoms with Gasteiger partial charge in [-0.2, -0.15) is 5.10 Å². The lowest BCUT2D eigenvalue weighted by atomic mass is 10.0. The van der Waals surface area contributed by atoms with Crippen LogP contribution in [0.2, 0.25) is 0 Å². The molecule has 4 nitrogen and oxygen atoms in total. The Bertz CT molecular complexity index is 343. The Morgan fingerprint density at radius 1 is 1.50 bits per heavy atom. The number of hydrogen-bond donors (Lipinski definition) is 1. The third kappa shape index (κ3) is 4.10. The van der Waals surface area contributed by atoms with Gasteiger partial charge in [-0.15, -0.1) is 0 Å². The molecule has 0 amide bonds. The van der Waals surface area contributed by atoms with Crippen molar-refractivity contribution in [1.29, 1.82) is 0 Å². The van der Waals surface area contributed by atoms with E-state index in [1.54, 1.807) is 0 Å². The number of nitrogens with zero attached hydrogens (tertiary/aromatic N) is 2. The van der Waals surface area contributed by atoms with Crippen LogP contribution in [0.15, 0.2) is 12.3 Å². The molecule has 102 valence electrons. The minimum atomic E-state index is 0.421. The van der Waals surface area contributed by atoms with Crippen LogP contribution >= 0.6 is 0 Å². The van der Waals surface area contributed by atoms with E-state index in [0.717, 1.165) is 18.7 Å². The van der Waals surface area contributed by atoms with E-state index in [2.05, 4.69) is 24.3 Å². The molecule has 2 heterocycles. The van der Waals surface area contributed by atoms with E-state index in [-0.39, 0.29) is 0 Å². The molecule has 1 fully saturated rings. The van der Waals surface area contributed by atoms with Crippen molar-refractivity contribution < 1.29 is 4.74 Å². The first-order chi connectivity index (χ1) is 8.75. The van der Waals surface area contributed by atoms with Crippen LogP contribution in [0.1, 0.15) is 51.3 Å². The average molecular weight is 251 g/mol. The summed E-state index contributed by atoms with van der Waals surface area (Å²) < 4.78 is 7.67. The predicted molar refractivity (Wildman–Crippen MR) is 72.5 cm³/mol. The summed E-state index contributed by atoms with van der Waals surface area (Å²) >= 11 is 0. The molecule has 0 spiro atoms. The van der Waals surface area contributed by atoms with Crippen LogP contribution in [-0.2, 0) is 11.3 Å². The molecule has 0 bridgehead atoms. The van der Waals surface area contributed by atoms with E-state index >= 15 is 0 Å². The summed E-state index contributed by atoms with van der Waals surface area (Å²) in [6, 6.07) is 3.12. The molecule has 0 aromatic carbocycles. The molecule has 18 heavy (non-hydrogen) atoms. The number of nitrogens with one attached hydrogen (secondary N) is 1. The third-order valence-electron chi connectivity index (χ3n) is 3.47. The zero-order chi connectivity index (χ0) is 12.8. The largest absolute Gasteiger partial charge is 0.375 e. The zero-order valence-electron chi connectivity index (χ0n) is 11.6. The maximum atomic E-state index is 5.70. The fraction of sp³-hybridized carbons (Fsp3) is 0.786. The fourth-order valence-corrected chi connectivity index (χ4v) is 2.31. The number of rotatable bonds is 6. The highest BCUT2D eigenvalue weighted by Gasteiger charge is 2.11.